The van der Waals surface area contributed by atoms with Crippen LogP contribution in [0.15, 0.2) is 18.2 Å². The lowest BCUT2D eigenvalue weighted by Gasteiger charge is -2.25. The van der Waals surface area contributed by atoms with Crippen LogP contribution in [0, 0.1) is 10.1 Å². The van der Waals surface area contributed by atoms with Crippen molar-refractivity contribution in [2.75, 3.05) is 10.8 Å². The number of hydrogen-bond acceptors (Lipinski definition) is 7. The zero-order valence-electron chi connectivity index (χ0n) is 12.1. The van der Waals surface area contributed by atoms with Crippen molar-refractivity contribution in [2.45, 2.75) is 11.0 Å². The molecule has 148 valence electrons. The molecule has 0 saturated carbocycles. The Morgan fingerprint density at radius 2 is 1.42 bits per heavy atom. The molecule has 1 aromatic rings. The van der Waals surface area contributed by atoms with Gasteiger partial charge in [0.25, 0.3) is 0 Å². The molecule has 0 aliphatic carbocycles. The summed E-state index contributed by atoms with van der Waals surface area (Å²) in [5, 5.41) is 10.8. The van der Waals surface area contributed by atoms with Crippen LogP contribution in [-0.2, 0) is 20.0 Å². The number of halogens is 6. The molecule has 0 unspecified atom stereocenters. The molecule has 0 aromatic heterocycles. The summed E-state index contributed by atoms with van der Waals surface area (Å²) in [5.41, 5.74) is -16.0. The minimum absolute atomic E-state index is 0.120. The van der Waals surface area contributed by atoms with Gasteiger partial charge in [0.2, 0.25) is 0 Å². The quantitative estimate of drug-likeness (QED) is 0.397. The van der Waals surface area contributed by atoms with E-state index in [1.807, 2.05) is 0 Å². The molecule has 1 rings (SSSR count). The fourth-order valence-corrected chi connectivity index (χ4v) is 4.23. The molecule has 26 heavy (non-hydrogen) atoms. The molecular weight excluding hydrogens is 426 g/mol. The van der Waals surface area contributed by atoms with Gasteiger partial charge in [-0.15, -0.1) is 3.71 Å². The second kappa shape index (κ2) is 6.45. The summed E-state index contributed by atoms with van der Waals surface area (Å²) in [7, 11) is -13.4. The minimum atomic E-state index is -7.13. The van der Waals surface area contributed by atoms with Crippen molar-refractivity contribution < 1.29 is 52.8 Å². The predicted octanol–water partition coefficient (Wildman–Crippen LogP) is 2.11. The van der Waals surface area contributed by atoms with Crippen LogP contribution < -0.4 is 8.45 Å². The third-order valence-corrected chi connectivity index (χ3v) is 6.23. The van der Waals surface area contributed by atoms with E-state index in [9.17, 15) is 53.3 Å². The second-order valence-corrected chi connectivity index (χ2v) is 8.00. The van der Waals surface area contributed by atoms with Crippen molar-refractivity contribution in [3.8, 4) is 5.75 Å². The van der Waals surface area contributed by atoms with Crippen molar-refractivity contribution in [2.24, 2.45) is 0 Å². The largest absolute Gasteiger partial charge is 0.517 e. The van der Waals surface area contributed by atoms with Crippen LogP contribution >= 0.6 is 0 Å². The third kappa shape index (κ3) is 3.62. The molecule has 0 fully saturated rings. The lowest BCUT2D eigenvalue weighted by Crippen LogP contribution is -2.49. The van der Waals surface area contributed by atoms with E-state index in [0.717, 1.165) is 7.11 Å². The van der Waals surface area contributed by atoms with Gasteiger partial charge in [0.1, 0.15) is 0 Å². The fourth-order valence-electron chi connectivity index (χ4n) is 1.53. The standard InChI is InChI=1S/C9H6F6N2O7S2/c1-24-7-3-2-5(4-6(7)16(18)19)17(25(20,21)8(10,11)12)26(22,23)9(13,14)15/h2-4H,1H3. The van der Waals surface area contributed by atoms with Crippen LogP contribution in [0.5, 0.6) is 5.75 Å². The first-order valence-corrected chi connectivity index (χ1v) is 8.62. The van der Waals surface area contributed by atoms with Crippen LogP contribution in [0.3, 0.4) is 0 Å². The Balaban J connectivity index is 3.92. The molecule has 0 saturated heterocycles. The number of nitrogens with zero attached hydrogens (tertiary/aromatic N) is 2. The number of anilines is 1. The van der Waals surface area contributed by atoms with Crippen LogP contribution in [0.1, 0.15) is 0 Å². The van der Waals surface area contributed by atoms with Crippen LogP contribution in [0.25, 0.3) is 0 Å². The number of methoxy groups -OCH3 is 1. The average Bonchev–Trinajstić information content (AvgIpc) is 2.44. The summed E-state index contributed by atoms with van der Waals surface area (Å²) in [6.45, 7) is 0. The fraction of sp³-hybridized carbons (Fsp3) is 0.333. The predicted molar refractivity (Wildman–Crippen MR) is 72.1 cm³/mol. The topological polar surface area (TPSA) is 124 Å². The zero-order chi connectivity index (χ0) is 20.7. The van der Waals surface area contributed by atoms with E-state index in [1.54, 1.807) is 0 Å². The molecule has 0 aliphatic heterocycles. The molecule has 0 spiro atoms. The average molecular weight is 432 g/mol. The maximum atomic E-state index is 12.7. The molecule has 9 nitrogen and oxygen atoms in total. The highest BCUT2D eigenvalue weighted by atomic mass is 32.3. The number of hydrogen-bond donors (Lipinski definition) is 0. The molecule has 0 N–H and O–H groups in total. The Kier molecular flexibility index (Phi) is 5.40. The van der Waals surface area contributed by atoms with E-state index < -0.39 is 56.8 Å². The van der Waals surface area contributed by atoms with Crippen LogP contribution in [0.4, 0.5) is 37.7 Å². The SMILES string of the molecule is COc1ccc(N(S(=O)(=O)C(F)(F)F)S(=O)(=O)C(F)(F)F)cc1[N+](=O)[O-]. The molecular formula is C9H6F6N2O7S2. The van der Waals surface area contributed by atoms with Gasteiger partial charge in [-0.05, 0) is 12.1 Å². The van der Waals surface area contributed by atoms with Gasteiger partial charge in [0.15, 0.2) is 5.75 Å². The number of alkyl halides is 6. The Hall–Kier alpha value is -2.30. The minimum Gasteiger partial charge on any atom is -0.490 e. The van der Waals surface area contributed by atoms with Gasteiger partial charge in [0.05, 0.1) is 17.7 Å². The molecule has 0 aliphatic rings. The number of sulfonamides is 2. The number of nitro groups is 1. The first kappa shape index (κ1) is 21.7. The third-order valence-electron chi connectivity index (χ3n) is 2.59. The molecule has 0 amide bonds. The molecule has 0 bridgehead atoms. The Morgan fingerprint density at radius 3 is 1.73 bits per heavy atom. The van der Waals surface area contributed by atoms with E-state index in [-0.39, 0.29) is 12.1 Å². The van der Waals surface area contributed by atoms with E-state index in [2.05, 4.69) is 4.74 Å². The number of ether oxygens (including phenoxy) is 1. The lowest BCUT2D eigenvalue weighted by atomic mass is 10.2. The van der Waals surface area contributed by atoms with Crippen molar-refractivity contribution in [3.05, 3.63) is 28.3 Å². The van der Waals surface area contributed by atoms with Gasteiger partial charge in [-0.25, -0.2) is 0 Å². The lowest BCUT2D eigenvalue weighted by molar-refractivity contribution is -0.385. The summed E-state index contributed by atoms with van der Waals surface area (Å²) in [4.78, 5) is 9.48. The smallest absolute Gasteiger partial charge is 0.490 e. The maximum absolute atomic E-state index is 12.7. The van der Waals surface area contributed by atoms with Gasteiger partial charge in [-0.3, -0.25) is 10.1 Å². The van der Waals surface area contributed by atoms with Crippen LogP contribution in [-0.4, -0.2) is 39.9 Å². The monoisotopic (exact) mass is 432 g/mol. The van der Waals surface area contributed by atoms with Crippen molar-refractivity contribution in [1.29, 1.82) is 0 Å². The molecule has 17 heteroatoms. The van der Waals surface area contributed by atoms with Crippen molar-refractivity contribution >= 4 is 31.4 Å². The second-order valence-electron chi connectivity index (χ2n) is 4.21. The summed E-state index contributed by atoms with van der Waals surface area (Å²) in [5.74, 6) is -0.674. The molecule has 0 radical (unpaired) electrons. The van der Waals surface area contributed by atoms with Gasteiger partial charge in [-0.2, -0.15) is 43.2 Å². The first-order valence-electron chi connectivity index (χ1n) is 5.74. The summed E-state index contributed by atoms with van der Waals surface area (Å²) >= 11 is 0. The first-order chi connectivity index (χ1) is 11.5. The van der Waals surface area contributed by atoms with E-state index >= 15 is 0 Å². The molecule has 0 atom stereocenters. The summed E-state index contributed by atoms with van der Waals surface area (Å²) < 4.78 is 124. The van der Waals surface area contributed by atoms with E-state index in [0.29, 0.717) is 6.07 Å². The van der Waals surface area contributed by atoms with Gasteiger partial charge in [-0.1, -0.05) is 0 Å². The van der Waals surface area contributed by atoms with E-state index in [4.69, 9.17) is 0 Å². The van der Waals surface area contributed by atoms with Crippen molar-refractivity contribution in [3.63, 3.8) is 0 Å². The summed E-state index contributed by atoms with van der Waals surface area (Å²) in [6, 6.07) is 0.474. The van der Waals surface area contributed by atoms with E-state index in [1.165, 1.54) is 0 Å². The summed E-state index contributed by atoms with van der Waals surface area (Å²) in [6.07, 6.45) is 0. The number of benzene rings is 1. The normalized spacial score (nSPS) is 13.3. The maximum Gasteiger partial charge on any atom is 0.517 e. The molecule has 0 heterocycles. The highest BCUT2D eigenvalue weighted by molar-refractivity contribution is 8.11. The Labute approximate surface area is 141 Å². The molecule has 1 aromatic carbocycles. The Bertz CT molecular complexity index is 879. The van der Waals surface area contributed by atoms with Gasteiger partial charge in [0, 0.05) is 6.07 Å². The van der Waals surface area contributed by atoms with Crippen molar-refractivity contribution in [1.82, 2.24) is 0 Å². The Morgan fingerprint density at radius 1 is 1.00 bits per heavy atom. The zero-order valence-corrected chi connectivity index (χ0v) is 13.7. The van der Waals surface area contributed by atoms with Gasteiger partial charge < -0.3 is 4.74 Å². The van der Waals surface area contributed by atoms with Gasteiger partial charge >= 0.3 is 36.8 Å². The highest BCUT2D eigenvalue weighted by Gasteiger charge is 2.61. The number of nitro benzene ring substituents is 1. The number of rotatable bonds is 5. The highest BCUT2D eigenvalue weighted by Crippen LogP contribution is 2.41. The van der Waals surface area contributed by atoms with Crippen LogP contribution in [0.2, 0.25) is 0 Å².